The Balaban J connectivity index is 1.57. The van der Waals surface area contributed by atoms with Crippen molar-refractivity contribution in [2.45, 2.75) is 24.8 Å². The lowest BCUT2D eigenvalue weighted by molar-refractivity contribution is -0.138. The predicted octanol–water partition coefficient (Wildman–Crippen LogP) is 2.20. The summed E-state index contributed by atoms with van der Waals surface area (Å²) in [4.78, 5) is 28.6. The van der Waals surface area contributed by atoms with Crippen LogP contribution in [-0.2, 0) is 21.5 Å². The molecular formula is C25H23FN8O3. The number of halogens is 1. The lowest BCUT2D eigenvalue weighted by Gasteiger charge is -2.25. The van der Waals surface area contributed by atoms with Crippen molar-refractivity contribution in [3.63, 3.8) is 0 Å². The zero-order valence-corrected chi connectivity index (χ0v) is 19.6. The Labute approximate surface area is 211 Å². The quantitative estimate of drug-likeness (QED) is 0.236. The molecule has 37 heavy (non-hydrogen) atoms. The Morgan fingerprint density at radius 2 is 2.08 bits per heavy atom. The first-order chi connectivity index (χ1) is 17.8. The van der Waals surface area contributed by atoms with Gasteiger partial charge in [-0.2, -0.15) is 10.4 Å². The van der Waals surface area contributed by atoms with Gasteiger partial charge in [0.25, 0.3) is 0 Å². The molecular weight excluding hydrogens is 479 g/mol. The number of rotatable bonds is 8. The number of aliphatic carboxylic acids is 1. The van der Waals surface area contributed by atoms with Crippen molar-refractivity contribution in [2.24, 2.45) is 15.9 Å². The van der Waals surface area contributed by atoms with E-state index in [2.05, 4.69) is 25.0 Å². The minimum atomic E-state index is -0.915. The maximum absolute atomic E-state index is 14.7. The van der Waals surface area contributed by atoms with Crippen LogP contribution < -0.4 is 11.6 Å². The molecule has 5 N–H and O–H groups in total. The van der Waals surface area contributed by atoms with Gasteiger partial charge in [0.15, 0.2) is 0 Å². The Hall–Kier alpha value is -4.76. The van der Waals surface area contributed by atoms with Gasteiger partial charge in [-0.05, 0) is 36.8 Å². The highest BCUT2D eigenvalue weighted by molar-refractivity contribution is 6.37. The molecule has 4 rings (SSSR count). The number of benzene rings is 1. The van der Waals surface area contributed by atoms with Crippen LogP contribution in [0.2, 0.25) is 0 Å². The number of carboxylic acids is 1. The van der Waals surface area contributed by atoms with Crippen LogP contribution in [0.5, 0.6) is 0 Å². The number of carboxylic acid groups (broad SMARTS) is 1. The Bertz CT molecular complexity index is 1430. The fourth-order valence-corrected chi connectivity index (χ4v) is 4.13. The van der Waals surface area contributed by atoms with E-state index in [4.69, 9.17) is 21.6 Å². The molecule has 0 aliphatic carbocycles. The van der Waals surface area contributed by atoms with E-state index in [0.717, 1.165) is 0 Å². The topological polar surface area (TPSA) is 186 Å². The number of nitrogens with zero attached hydrogens (tertiary/aromatic N) is 6. The van der Waals surface area contributed by atoms with E-state index >= 15 is 0 Å². The summed E-state index contributed by atoms with van der Waals surface area (Å²) in [5.41, 5.74) is 6.89. The second-order valence-corrected chi connectivity index (χ2v) is 8.43. The lowest BCUT2D eigenvalue weighted by Crippen LogP contribution is -2.31. The number of anilines is 1. The molecule has 1 unspecified atom stereocenters. The number of nitrogen functional groups attached to an aromatic ring is 1. The molecule has 1 fully saturated rings. The van der Waals surface area contributed by atoms with E-state index in [1.807, 2.05) is 0 Å². The van der Waals surface area contributed by atoms with E-state index in [-0.39, 0.29) is 47.1 Å². The van der Waals surface area contributed by atoms with Crippen LogP contribution in [0.15, 0.2) is 52.6 Å². The van der Waals surface area contributed by atoms with Crippen LogP contribution >= 0.6 is 0 Å². The number of hydrazone groups is 1. The first-order valence-corrected chi connectivity index (χ1v) is 11.2. The summed E-state index contributed by atoms with van der Waals surface area (Å²) < 4.78 is 20.2. The Morgan fingerprint density at radius 3 is 2.78 bits per heavy atom. The zero-order chi connectivity index (χ0) is 26.4. The molecule has 3 heterocycles. The normalized spacial score (nSPS) is 17.7. The number of nitrogens with two attached hydrogens (primary N) is 2. The molecule has 188 valence electrons. The molecule has 1 aromatic carbocycles. The zero-order valence-electron chi connectivity index (χ0n) is 19.6. The molecule has 0 amide bonds. The van der Waals surface area contributed by atoms with Gasteiger partial charge in [-0.15, -0.1) is 0 Å². The molecule has 11 nitrogen and oxygen atoms in total. The largest absolute Gasteiger partial charge is 0.481 e. The van der Waals surface area contributed by atoms with E-state index in [9.17, 15) is 14.3 Å². The summed E-state index contributed by atoms with van der Waals surface area (Å²) in [5, 5.41) is 22.2. The van der Waals surface area contributed by atoms with Gasteiger partial charge in [0.2, 0.25) is 5.95 Å². The van der Waals surface area contributed by atoms with Gasteiger partial charge < -0.3 is 21.4 Å². The van der Waals surface area contributed by atoms with Crippen LogP contribution in [0.1, 0.15) is 35.5 Å². The Morgan fingerprint density at radius 1 is 1.27 bits per heavy atom. The minimum absolute atomic E-state index is 0.0773. The van der Waals surface area contributed by atoms with Crippen LogP contribution in [0.25, 0.3) is 11.3 Å². The highest BCUT2D eigenvalue weighted by atomic mass is 19.1. The Kier molecular flexibility index (Phi) is 7.45. The maximum Gasteiger partial charge on any atom is 0.304 e. The fraction of sp³-hybridized carbons (Fsp3) is 0.240. The number of carbonyl (C=O) groups is 1. The average Bonchev–Trinajstić information content (AvgIpc) is 3.35. The summed E-state index contributed by atoms with van der Waals surface area (Å²) in [5.74, 6) is 3.78. The van der Waals surface area contributed by atoms with Crippen LogP contribution in [0, 0.1) is 17.1 Å². The maximum atomic E-state index is 14.7. The van der Waals surface area contributed by atoms with Gasteiger partial charge in [0, 0.05) is 23.3 Å². The summed E-state index contributed by atoms with van der Waals surface area (Å²) in [6.45, 7) is 0.921. The highest BCUT2D eigenvalue weighted by Gasteiger charge is 2.40. The second-order valence-electron chi connectivity index (χ2n) is 8.43. The summed E-state index contributed by atoms with van der Waals surface area (Å²) in [6, 6.07) is 13.0. The number of aromatic nitrogens is 3. The fourth-order valence-electron chi connectivity index (χ4n) is 4.13. The highest BCUT2D eigenvalue weighted by Crippen LogP contribution is 2.35. The number of ether oxygens (including phenoxy) is 1. The first kappa shape index (κ1) is 25.3. The van der Waals surface area contributed by atoms with Crippen LogP contribution in [-0.4, -0.2) is 51.2 Å². The van der Waals surface area contributed by atoms with Crippen LogP contribution in [0.4, 0.5) is 10.3 Å². The SMILES string of the molecule is N#Cc1cccc(-c2cc(/C(C=NCc3cccc(C4(CC(=O)O)CCOC4)n3)=N/N)nc(N)n2)c1F. The van der Waals surface area contributed by atoms with E-state index < -0.39 is 17.2 Å². The van der Waals surface area contributed by atoms with E-state index in [1.165, 1.54) is 30.5 Å². The molecule has 2 aromatic heterocycles. The summed E-state index contributed by atoms with van der Waals surface area (Å²) >= 11 is 0. The van der Waals surface area contributed by atoms with Gasteiger partial charge in [-0.3, -0.25) is 14.8 Å². The third-order valence-electron chi connectivity index (χ3n) is 5.95. The molecule has 0 radical (unpaired) electrons. The molecule has 1 aliphatic rings. The summed E-state index contributed by atoms with van der Waals surface area (Å²) in [6.07, 6.45) is 1.87. The van der Waals surface area contributed by atoms with Gasteiger partial charge in [-0.25, -0.2) is 14.4 Å². The van der Waals surface area contributed by atoms with Crippen molar-refractivity contribution >= 4 is 23.8 Å². The van der Waals surface area contributed by atoms with Crippen molar-refractivity contribution < 1.29 is 19.0 Å². The van der Waals surface area contributed by atoms with Crippen molar-refractivity contribution in [3.8, 4) is 17.3 Å². The minimum Gasteiger partial charge on any atom is -0.481 e. The van der Waals surface area contributed by atoms with Crippen molar-refractivity contribution in [1.29, 1.82) is 5.26 Å². The van der Waals surface area contributed by atoms with E-state index in [1.54, 1.807) is 24.3 Å². The molecule has 1 aliphatic heterocycles. The number of aliphatic imine (C=N–C) groups is 1. The molecule has 0 saturated carbocycles. The van der Waals surface area contributed by atoms with Gasteiger partial charge in [0.05, 0.1) is 48.4 Å². The van der Waals surface area contributed by atoms with Crippen molar-refractivity contribution in [3.05, 3.63) is 70.9 Å². The number of pyridine rings is 1. The second kappa shape index (κ2) is 10.9. The first-order valence-electron chi connectivity index (χ1n) is 11.2. The van der Waals surface area contributed by atoms with Gasteiger partial charge in [0.1, 0.15) is 17.6 Å². The monoisotopic (exact) mass is 502 g/mol. The number of nitriles is 1. The number of hydrogen-bond acceptors (Lipinski definition) is 10. The van der Waals surface area contributed by atoms with E-state index in [0.29, 0.717) is 31.0 Å². The van der Waals surface area contributed by atoms with Crippen molar-refractivity contribution in [2.75, 3.05) is 18.9 Å². The molecule has 0 bridgehead atoms. The molecule has 1 atom stereocenters. The third-order valence-corrected chi connectivity index (χ3v) is 5.95. The average molecular weight is 503 g/mol. The summed E-state index contributed by atoms with van der Waals surface area (Å²) in [7, 11) is 0. The standard InChI is InChI=1S/C25H23FN8O3/c26-23-15(11-27)3-1-5-17(23)18-9-19(33-24(28)32-18)20(34-29)13-30-12-16-4-2-6-21(31-16)25(10-22(35)36)7-8-37-14-25/h1-6,9,13H,7-8,10,12,14,29H2,(H,35,36)(H2,28,32,33)/b30-13?,34-20+. The number of hydrogen-bond donors (Lipinski definition) is 3. The molecule has 12 heteroatoms. The third kappa shape index (κ3) is 5.57. The predicted molar refractivity (Wildman–Crippen MR) is 133 cm³/mol. The van der Waals surface area contributed by atoms with Crippen LogP contribution in [0.3, 0.4) is 0 Å². The van der Waals surface area contributed by atoms with Gasteiger partial charge in [-0.1, -0.05) is 12.1 Å². The molecule has 0 spiro atoms. The van der Waals surface area contributed by atoms with Gasteiger partial charge >= 0.3 is 5.97 Å². The smallest absolute Gasteiger partial charge is 0.304 e. The lowest BCUT2D eigenvalue weighted by atomic mass is 9.80. The molecule has 3 aromatic rings. The van der Waals surface area contributed by atoms with Crippen molar-refractivity contribution in [1.82, 2.24) is 15.0 Å². The molecule has 1 saturated heterocycles.